The SMILES string of the molecule is CCSC1CCCC1NC(=O)C(=O)OC. The molecule has 0 aliphatic heterocycles. The maximum absolute atomic E-state index is 11.3. The van der Waals surface area contributed by atoms with Crippen molar-refractivity contribution in [3.05, 3.63) is 0 Å². The second-order valence-corrected chi connectivity index (χ2v) is 5.01. The summed E-state index contributed by atoms with van der Waals surface area (Å²) in [4.78, 5) is 22.2. The molecule has 5 heteroatoms. The van der Waals surface area contributed by atoms with Crippen molar-refractivity contribution < 1.29 is 14.3 Å². The van der Waals surface area contributed by atoms with Crippen LogP contribution in [0.5, 0.6) is 0 Å². The first-order valence-corrected chi connectivity index (χ1v) is 6.24. The van der Waals surface area contributed by atoms with E-state index in [9.17, 15) is 9.59 Å². The smallest absolute Gasteiger partial charge is 0.396 e. The Morgan fingerprint density at radius 1 is 1.47 bits per heavy atom. The molecule has 1 saturated carbocycles. The number of amides is 1. The van der Waals surface area contributed by atoms with Crippen LogP contribution < -0.4 is 5.32 Å². The lowest BCUT2D eigenvalue weighted by Crippen LogP contribution is -2.42. The van der Waals surface area contributed by atoms with Crippen LogP contribution in [-0.2, 0) is 14.3 Å². The molecule has 0 aromatic carbocycles. The summed E-state index contributed by atoms with van der Waals surface area (Å²) >= 11 is 1.84. The number of hydrogen-bond acceptors (Lipinski definition) is 4. The number of carbonyl (C=O) groups is 2. The zero-order valence-electron chi connectivity index (χ0n) is 9.12. The number of thioether (sulfide) groups is 1. The van der Waals surface area contributed by atoms with Crippen LogP contribution in [0.2, 0.25) is 0 Å². The van der Waals surface area contributed by atoms with Gasteiger partial charge in [0, 0.05) is 11.3 Å². The highest BCUT2D eigenvalue weighted by Crippen LogP contribution is 2.29. The van der Waals surface area contributed by atoms with Crippen molar-refractivity contribution >= 4 is 23.6 Å². The van der Waals surface area contributed by atoms with Crippen molar-refractivity contribution in [2.24, 2.45) is 0 Å². The molecular formula is C10H17NO3S. The highest BCUT2D eigenvalue weighted by molar-refractivity contribution is 7.99. The lowest BCUT2D eigenvalue weighted by Gasteiger charge is -2.19. The first-order valence-electron chi connectivity index (χ1n) is 5.19. The van der Waals surface area contributed by atoms with E-state index in [0.717, 1.165) is 25.0 Å². The maximum Gasteiger partial charge on any atom is 0.396 e. The Balaban J connectivity index is 2.43. The fourth-order valence-electron chi connectivity index (χ4n) is 1.82. The van der Waals surface area contributed by atoms with Crippen LogP contribution in [0, 0.1) is 0 Å². The molecule has 1 fully saturated rings. The predicted octanol–water partition coefficient (Wildman–Crippen LogP) is 0.950. The lowest BCUT2D eigenvalue weighted by molar-refractivity contribution is -0.153. The van der Waals surface area contributed by atoms with Gasteiger partial charge in [-0.05, 0) is 18.6 Å². The van der Waals surface area contributed by atoms with E-state index >= 15 is 0 Å². The van der Waals surface area contributed by atoms with Crippen LogP contribution >= 0.6 is 11.8 Å². The lowest BCUT2D eigenvalue weighted by atomic mass is 10.2. The number of rotatable bonds is 3. The average molecular weight is 231 g/mol. The van der Waals surface area contributed by atoms with Gasteiger partial charge in [-0.1, -0.05) is 13.3 Å². The number of esters is 1. The Morgan fingerprint density at radius 3 is 2.80 bits per heavy atom. The van der Waals surface area contributed by atoms with Crippen molar-refractivity contribution in [2.45, 2.75) is 37.5 Å². The van der Waals surface area contributed by atoms with Gasteiger partial charge in [0.15, 0.2) is 0 Å². The number of hydrogen-bond donors (Lipinski definition) is 1. The molecule has 86 valence electrons. The summed E-state index contributed by atoms with van der Waals surface area (Å²) in [5.41, 5.74) is 0. The molecule has 0 radical (unpaired) electrons. The molecular weight excluding hydrogens is 214 g/mol. The van der Waals surface area contributed by atoms with E-state index in [2.05, 4.69) is 17.0 Å². The van der Waals surface area contributed by atoms with Crippen molar-refractivity contribution in [1.29, 1.82) is 0 Å². The standard InChI is InChI=1S/C10H17NO3S/c1-3-15-8-6-4-5-7(8)11-9(12)10(13)14-2/h7-8H,3-6H2,1-2H3,(H,11,12). The van der Waals surface area contributed by atoms with Crippen LogP contribution in [0.3, 0.4) is 0 Å². The van der Waals surface area contributed by atoms with E-state index in [1.807, 2.05) is 11.8 Å². The largest absolute Gasteiger partial charge is 0.462 e. The Bertz CT molecular complexity index is 245. The molecule has 0 heterocycles. The third-order valence-corrected chi connectivity index (χ3v) is 3.85. The Kier molecular flexibility index (Phi) is 4.94. The summed E-state index contributed by atoms with van der Waals surface area (Å²) in [6.45, 7) is 2.10. The molecule has 15 heavy (non-hydrogen) atoms. The summed E-state index contributed by atoms with van der Waals surface area (Å²) in [6, 6.07) is 0.126. The van der Waals surface area contributed by atoms with Crippen LogP contribution in [0.4, 0.5) is 0 Å². The number of nitrogens with one attached hydrogen (secondary N) is 1. The minimum Gasteiger partial charge on any atom is -0.462 e. The summed E-state index contributed by atoms with van der Waals surface area (Å²) in [5.74, 6) is -0.386. The summed E-state index contributed by atoms with van der Waals surface area (Å²) in [6.07, 6.45) is 3.19. The van der Waals surface area contributed by atoms with E-state index in [-0.39, 0.29) is 6.04 Å². The molecule has 0 saturated heterocycles. The van der Waals surface area contributed by atoms with Crippen LogP contribution in [0.15, 0.2) is 0 Å². The topological polar surface area (TPSA) is 55.4 Å². The summed E-state index contributed by atoms with van der Waals surface area (Å²) in [7, 11) is 1.22. The molecule has 1 N–H and O–H groups in total. The first-order chi connectivity index (χ1) is 7.19. The zero-order chi connectivity index (χ0) is 11.3. The number of methoxy groups -OCH3 is 1. The molecule has 2 atom stereocenters. The summed E-state index contributed by atoms with van der Waals surface area (Å²) in [5, 5.41) is 3.18. The third-order valence-electron chi connectivity index (χ3n) is 2.52. The van der Waals surface area contributed by atoms with Crippen molar-refractivity contribution in [3.8, 4) is 0 Å². The van der Waals surface area contributed by atoms with E-state index < -0.39 is 11.9 Å². The Hall–Kier alpha value is -0.710. The maximum atomic E-state index is 11.3. The van der Waals surface area contributed by atoms with Gasteiger partial charge in [-0.15, -0.1) is 0 Å². The van der Waals surface area contributed by atoms with Gasteiger partial charge < -0.3 is 10.1 Å². The van der Waals surface area contributed by atoms with Crippen LogP contribution in [0.1, 0.15) is 26.2 Å². The van der Waals surface area contributed by atoms with Crippen molar-refractivity contribution in [3.63, 3.8) is 0 Å². The molecule has 1 aliphatic carbocycles. The molecule has 0 spiro atoms. The fourth-order valence-corrected chi connectivity index (χ4v) is 3.02. The highest BCUT2D eigenvalue weighted by atomic mass is 32.2. The van der Waals surface area contributed by atoms with Gasteiger partial charge in [0.25, 0.3) is 0 Å². The van der Waals surface area contributed by atoms with E-state index in [1.165, 1.54) is 7.11 Å². The van der Waals surface area contributed by atoms with Crippen molar-refractivity contribution in [1.82, 2.24) is 5.32 Å². The molecule has 0 bridgehead atoms. The molecule has 4 nitrogen and oxygen atoms in total. The molecule has 0 aromatic rings. The normalized spacial score (nSPS) is 24.9. The Labute approximate surface area is 94.1 Å². The van der Waals surface area contributed by atoms with Crippen LogP contribution in [-0.4, -0.2) is 36.0 Å². The zero-order valence-corrected chi connectivity index (χ0v) is 9.93. The van der Waals surface area contributed by atoms with E-state index in [4.69, 9.17) is 0 Å². The van der Waals surface area contributed by atoms with Gasteiger partial charge in [0.2, 0.25) is 0 Å². The van der Waals surface area contributed by atoms with E-state index in [0.29, 0.717) is 5.25 Å². The second kappa shape index (κ2) is 6.00. The molecule has 1 aliphatic rings. The van der Waals surface area contributed by atoms with E-state index in [1.54, 1.807) is 0 Å². The molecule has 0 aromatic heterocycles. The summed E-state index contributed by atoms with van der Waals surface area (Å²) < 4.78 is 4.36. The van der Waals surface area contributed by atoms with Gasteiger partial charge >= 0.3 is 11.9 Å². The third kappa shape index (κ3) is 3.41. The Morgan fingerprint density at radius 2 is 2.20 bits per heavy atom. The van der Waals surface area contributed by atoms with Gasteiger partial charge in [-0.3, -0.25) is 4.79 Å². The number of carbonyl (C=O) groups excluding carboxylic acids is 2. The van der Waals surface area contributed by atoms with Gasteiger partial charge in [-0.25, -0.2) is 4.79 Å². The van der Waals surface area contributed by atoms with Gasteiger partial charge in [-0.2, -0.15) is 11.8 Å². The minimum absolute atomic E-state index is 0.126. The first kappa shape index (κ1) is 12.4. The second-order valence-electron chi connectivity index (χ2n) is 3.50. The average Bonchev–Trinajstić information content (AvgIpc) is 2.65. The number of ether oxygens (including phenoxy) is 1. The quantitative estimate of drug-likeness (QED) is 0.580. The van der Waals surface area contributed by atoms with Crippen LogP contribution in [0.25, 0.3) is 0 Å². The van der Waals surface area contributed by atoms with Crippen molar-refractivity contribution in [2.75, 3.05) is 12.9 Å². The highest BCUT2D eigenvalue weighted by Gasteiger charge is 2.30. The minimum atomic E-state index is -0.804. The monoisotopic (exact) mass is 231 g/mol. The fraction of sp³-hybridized carbons (Fsp3) is 0.800. The molecule has 1 rings (SSSR count). The molecule has 2 unspecified atom stereocenters. The van der Waals surface area contributed by atoms with Gasteiger partial charge in [0.05, 0.1) is 7.11 Å². The molecule has 1 amide bonds. The predicted molar refractivity (Wildman–Crippen MR) is 59.7 cm³/mol. The van der Waals surface area contributed by atoms with Gasteiger partial charge in [0.1, 0.15) is 0 Å².